The molecule has 1 atom stereocenters. The van der Waals surface area contributed by atoms with Crippen molar-refractivity contribution in [1.29, 1.82) is 0 Å². The van der Waals surface area contributed by atoms with Gasteiger partial charge in [-0.25, -0.2) is 8.78 Å². The third-order valence-electron chi connectivity index (χ3n) is 2.73. The Bertz CT molecular complexity index is 579. The predicted molar refractivity (Wildman–Crippen MR) is 75.1 cm³/mol. The molecule has 0 bridgehead atoms. The minimum atomic E-state index is -0.631. The van der Waals surface area contributed by atoms with E-state index in [0.29, 0.717) is 21.2 Å². The zero-order valence-electron chi connectivity index (χ0n) is 9.64. The normalized spacial score (nSPS) is 12.5. The Morgan fingerprint density at radius 2 is 1.63 bits per heavy atom. The number of halogens is 5. The van der Waals surface area contributed by atoms with E-state index >= 15 is 0 Å². The second kappa shape index (κ2) is 6.08. The lowest BCUT2D eigenvalue weighted by molar-refractivity contribution is 0.570. The molecule has 0 nitrogen and oxygen atoms in total. The van der Waals surface area contributed by atoms with Gasteiger partial charge in [0.25, 0.3) is 0 Å². The predicted octanol–water partition coefficient (Wildman–Crippen LogP) is 5.79. The highest BCUT2D eigenvalue weighted by Crippen LogP contribution is 2.36. The average Bonchev–Trinajstić information content (AvgIpc) is 2.32. The van der Waals surface area contributed by atoms with Gasteiger partial charge in [-0.1, -0.05) is 35.3 Å². The summed E-state index contributed by atoms with van der Waals surface area (Å²) in [5, 5.41) is 0.270. The number of alkyl halides is 1. The molecule has 0 N–H and O–H groups in total. The lowest BCUT2D eigenvalue weighted by Gasteiger charge is -2.14. The van der Waals surface area contributed by atoms with Crippen LogP contribution in [0, 0.1) is 11.6 Å². The van der Waals surface area contributed by atoms with Crippen molar-refractivity contribution in [2.45, 2.75) is 11.8 Å². The van der Waals surface area contributed by atoms with E-state index < -0.39 is 17.0 Å². The second-order valence-corrected chi connectivity index (χ2v) is 5.38. The van der Waals surface area contributed by atoms with Gasteiger partial charge < -0.3 is 0 Å². The average molecular weight is 322 g/mol. The number of rotatable bonds is 3. The quantitative estimate of drug-likeness (QED) is 0.627. The van der Waals surface area contributed by atoms with Crippen molar-refractivity contribution < 1.29 is 8.78 Å². The maximum Gasteiger partial charge on any atom is 0.129 e. The summed E-state index contributed by atoms with van der Waals surface area (Å²) in [6.45, 7) is 0. The first-order valence-electron chi connectivity index (χ1n) is 5.51. The van der Waals surface area contributed by atoms with E-state index in [4.69, 9.17) is 34.8 Å². The molecule has 0 aliphatic rings. The van der Waals surface area contributed by atoms with E-state index in [1.165, 1.54) is 12.1 Å². The Labute approximate surface area is 124 Å². The molecule has 0 aromatic heterocycles. The zero-order chi connectivity index (χ0) is 14.0. The van der Waals surface area contributed by atoms with Crippen LogP contribution in [-0.4, -0.2) is 0 Å². The molecular weight excluding hydrogens is 313 g/mol. The molecule has 5 heteroatoms. The largest absolute Gasteiger partial charge is 0.207 e. The zero-order valence-corrected chi connectivity index (χ0v) is 11.9. The van der Waals surface area contributed by atoms with Gasteiger partial charge in [0.1, 0.15) is 11.6 Å². The molecule has 100 valence electrons. The molecule has 19 heavy (non-hydrogen) atoms. The van der Waals surface area contributed by atoms with Crippen LogP contribution in [0.15, 0.2) is 36.4 Å². The molecule has 1 unspecified atom stereocenters. The SMILES string of the molecule is Fc1ccc(CC(Cl)c2c(Cl)cccc2Cl)c(F)c1. The molecule has 0 aliphatic heterocycles. The van der Waals surface area contributed by atoms with Gasteiger partial charge >= 0.3 is 0 Å². The third-order valence-corrected chi connectivity index (χ3v) is 3.76. The van der Waals surface area contributed by atoms with Crippen LogP contribution in [0.2, 0.25) is 10.0 Å². The summed E-state index contributed by atoms with van der Waals surface area (Å²) in [6, 6.07) is 8.42. The van der Waals surface area contributed by atoms with Gasteiger partial charge in [0.2, 0.25) is 0 Å². The van der Waals surface area contributed by atoms with Crippen molar-refractivity contribution in [3.63, 3.8) is 0 Å². The minimum Gasteiger partial charge on any atom is -0.207 e. The van der Waals surface area contributed by atoms with Crippen LogP contribution in [0.25, 0.3) is 0 Å². The molecule has 2 rings (SSSR count). The molecule has 0 radical (unpaired) electrons. The number of benzene rings is 2. The molecular formula is C14H9Cl3F2. The summed E-state index contributed by atoms with van der Waals surface area (Å²) >= 11 is 18.3. The molecule has 0 aliphatic carbocycles. The highest BCUT2D eigenvalue weighted by atomic mass is 35.5. The first-order chi connectivity index (χ1) is 8.99. The Hall–Kier alpha value is -0.830. The van der Waals surface area contributed by atoms with Crippen LogP contribution in [0.3, 0.4) is 0 Å². The number of hydrogen-bond acceptors (Lipinski definition) is 0. The van der Waals surface area contributed by atoms with Crippen molar-refractivity contribution in [2.24, 2.45) is 0 Å². The second-order valence-electron chi connectivity index (χ2n) is 4.04. The fraction of sp³-hybridized carbons (Fsp3) is 0.143. The first kappa shape index (κ1) is 14.6. The lowest BCUT2D eigenvalue weighted by Crippen LogP contribution is -2.00. The molecule has 0 heterocycles. The Kier molecular flexibility index (Phi) is 4.67. The maximum absolute atomic E-state index is 13.6. The first-order valence-corrected chi connectivity index (χ1v) is 6.70. The maximum atomic E-state index is 13.6. The smallest absolute Gasteiger partial charge is 0.129 e. The Morgan fingerprint density at radius 1 is 1.00 bits per heavy atom. The molecule has 0 saturated heterocycles. The van der Waals surface area contributed by atoms with Crippen LogP contribution in [0.4, 0.5) is 8.78 Å². The number of hydrogen-bond donors (Lipinski definition) is 0. The fourth-order valence-electron chi connectivity index (χ4n) is 1.79. The molecule has 0 amide bonds. The molecule has 0 fully saturated rings. The van der Waals surface area contributed by atoms with Crippen molar-refractivity contribution in [3.05, 3.63) is 69.2 Å². The summed E-state index contributed by atoms with van der Waals surface area (Å²) < 4.78 is 26.4. The van der Waals surface area contributed by atoms with E-state index in [-0.39, 0.29) is 6.42 Å². The van der Waals surface area contributed by atoms with E-state index in [2.05, 4.69) is 0 Å². The van der Waals surface area contributed by atoms with Crippen LogP contribution in [0.5, 0.6) is 0 Å². The minimum absolute atomic E-state index is 0.178. The van der Waals surface area contributed by atoms with E-state index in [9.17, 15) is 8.78 Å². The molecule has 0 spiro atoms. The topological polar surface area (TPSA) is 0 Å². The van der Waals surface area contributed by atoms with E-state index in [1.54, 1.807) is 18.2 Å². The van der Waals surface area contributed by atoms with E-state index in [1.807, 2.05) is 0 Å². The van der Waals surface area contributed by atoms with Crippen molar-refractivity contribution in [3.8, 4) is 0 Å². The monoisotopic (exact) mass is 320 g/mol. The van der Waals surface area contributed by atoms with Gasteiger partial charge in [0.05, 0.1) is 5.38 Å². The standard InChI is InChI=1S/C14H9Cl3F2/c15-10-2-1-3-11(16)14(10)12(17)6-8-4-5-9(18)7-13(8)19/h1-5,7,12H,6H2. The van der Waals surface area contributed by atoms with Crippen LogP contribution >= 0.6 is 34.8 Å². The highest BCUT2D eigenvalue weighted by Gasteiger charge is 2.18. The van der Waals surface area contributed by atoms with Gasteiger partial charge in [-0.3, -0.25) is 0 Å². The summed E-state index contributed by atoms with van der Waals surface area (Å²) in [6.07, 6.45) is 0.178. The Morgan fingerprint density at radius 3 is 2.21 bits per heavy atom. The highest BCUT2D eigenvalue weighted by molar-refractivity contribution is 6.37. The van der Waals surface area contributed by atoms with Gasteiger partial charge in [-0.15, -0.1) is 11.6 Å². The van der Waals surface area contributed by atoms with Crippen LogP contribution in [-0.2, 0) is 6.42 Å². The Balaban J connectivity index is 2.28. The van der Waals surface area contributed by atoms with Gasteiger partial charge in [0.15, 0.2) is 0 Å². The third kappa shape index (κ3) is 3.38. The van der Waals surface area contributed by atoms with Crippen molar-refractivity contribution >= 4 is 34.8 Å². The van der Waals surface area contributed by atoms with Crippen LogP contribution in [0.1, 0.15) is 16.5 Å². The molecule has 2 aromatic rings. The fourth-order valence-corrected chi connectivity index (χ4v) is 2.97. The lowest BCUT2D eigenvalue weighted by atomic mass is 10.0. The van der Waals surface area contributed by atoms with Gasteiger partial charge in [-0.05, 0) is 30.2 Å². The van der Waals surface area contributed by atoms with Gasteiger partial charge in [-0.2, -0.15) is 0 Å². The summed E-state index contributed by atoms with van der Waals surface area (Å²) in [5.41, 5.74) is 0.869. The molecule has 2 aromatic carbocycles. The van der Waals surface area contributed by atoms with Crippen molar-refractivity contribution in [2.75, 3.05) is 0 Å². The summed E-state index contributed by atoms with van der Waals surface area (Å²) in [4.78, 5) is 0. The summed E-state index contributed by atoms with van der Waals surface area (Å²) in [5.74, 6) is -1.25. The van der Waals surface area contributed by atoms with Crippen LogP contribution < -0.4 is 0 Å². The van der Waals surface area contributed by atoms with Gasteiger partial charge in [0, 0.05) is 21.7 Å². The summed E-state index contributed by atoms with van der Waals surface area (Å²) in [7, 11) is 0. The molecule has 0 saturated carbocycles. The van der Waals surface area contributed by atoms with E-state index in [0.717, 1.165) is 6.07 Å². The van der Waals surface area contributed by atoms with Crippen molar-refractivity contribution in [1.82, 2.24) is 0 Å².